The zero-order chi connectivity index (χ0) is 17.2. The molecule has 6 heteroatoms. The summed E-state index contributed by atoms with van der Waals surface area (Å²) in [6.07, 6.45) is 0. The largest absolute Gasteiger partial charge is 0.487 e. The third-order valence-corrected chi connectivity index (χ3v) is 5.54. The predicted octanol–water partition coefficient (Wildman–Crippen LogP) is 3.45. The minimum Gasteiger partial charge on any atom is -0.487 e. The molecule has 2 aromatic rings. The first-order chi connectivity index (χ1) is 12.2. The number of hydrogen-bond donors (Lipinski definition) is 1. The maximum Gasteiger partial charge on any atom is 0.166 e. The van der Waals surface area contributed by atoms with Crippen molar-refractivity contribution in [3.05, 3.63) is 47.8 Å². The van der Waals surface area contributed by atoms with Gasteiger partial charge in [0.05, 0.1) is 17.9 Å². The zero-order valence-electron chi connectivity index (χ0n) is 14.3. The molecule has 4 nitrogen and oxygen atoms in total. The quantitative estimate of drug-likeness (QED) is 0.848. The molecule has 4 rings (SSSR count). The minimum atomic E-state index is -0.204. The van der Waals surface area contributed by atoms with Crippen LogP contribution in [0, 0.1) is 12.7 Å². The van der Waals surface area contributed by atoms with Gasteiger partial charge in [0.1, 0.15) is 12.4 Å². The van der Waals surface area contributed by atoms with E-state index in [9.17, 15) is 4.39 Å². The molecule has 0 bridgehead atoms. The van der Waals surface area contributed by atoms with Gasteiger partial charge < -0.3 is 19.3 Å². The fourth-order valence-corrected chi connectivity index (χ4v) is 4.26. The molecule has 0 atom stereocenters. The second-order valence-corrected chi connectivity index (χ2v) is 7.46. The molecule has 1 fully saturated rings. The Labute approximate surface area is 152 Å². The van der Waals surface area contributed by atoms with Gasteiger partial charge in [-0.15, -0.1) is 0 Å². The number of benzene rings is 2. The van der Waals surface area contributed by atoms with E-state index < -0.39 is 0 Å². The normalized spacial score (nSPS) is 17.2. The molecule has 1 saturated heterocycles. The van der Waals surface area contributed by atoms with E-state index in [0.717, 1.165) is 49.1 Å². The van der Waals surface area contributed by atoms with E-state index in [1.165, 1.54) is 17.3 Å². The van der Waals surface area contributed by atoms with Gasteiger partial charge in [0.25, 0.3) is 0 Å². The minimum absolute atomic E-state index is 0.204. The lowest BCUT2D eigenvalue weighted by Gasteiger charge is -2.36. The van der Waals surface area contributed by atoms with Crippen molar-refractivity contribution in [1.82, 2.24) is 5.32 Å². The maximum atomic E-state index is 13.5. The number of anilines is 2. The standard InChI is InChI=1S/C19H22FN3OS/c1-14-11-17(22-7-5-21-6-8-22)19-18(12-14)23(9-10-24-19)25-16-4-2-3-15(20)13-16/h2-4,11-13,21H,5-10H2,1H3. The lowest BCUT2D eigenvalue weighted by atomic mass is 10.1. The van der Waals surface area contributed by atoms with Crippen LogP contribution in [0.15, 0.2) is 41.3 Å². The van der Waals surface area contributed by atoms with E-state index in [2.05, 4.69) is 33.6 Å². The van der Waals surface area contributed by atoms with Crippen LogP contribution in [0.3, 0.4) is 0 Å². The van der Waals surface area contributed by atoms with Crippen molar-refractivity contribution in [3.63, 3.8) is 0 Å². The highest BCUT2D eigenvalue weighted by molar-refractivity contribution is 8.00. The van der Waals surface area contributed by atoms with Gasteiger partial charge in [-0.05, 0) is 54.8 Å². The summed E-state index contributed by atoms with van der Waals surface area (Å²) < 4.78 is 21.8. The Morgan fingerprint density at radius 1 is 1.08 bits per heavy atom. The molecule has 2 aliphatic heterocycles. The molecule has 0 aromatic heterocycles. The number of hydrogen-bond acceptors (Lipinski definition) is 5. The molecule has 0 aliphatic carbocycles. The van der Waals surface area contributed by atoms with Gasteiger partial charge >= 0.3 is 0 Å². The van der Waals surface area contributed by atoms with E-state index in [1.807, 2.05) is 6.07 Å². The highest BCUT2D eigenvalue weighted by Gasteiger charge is 2.26. The van der Waals surface area contributed by atoms with Gasteiger partial charge in [0.15, 0.2) is 5.75 Å². The molecule has 0 unspecified atom stereocenters. The molecule has 0 saturated carbocycles. The summed E-state index contributed by atoms with van der Waals surface area (Å²) in [6.45, 7) is 7.48. The van der Waals surface area contributed by atoms with Crippen LogP contribution in [-0.4, -0.2) is 39.3 Å². The summed E-state index contributed by atoms with van der Waals surface area (Å²) in [7, 11) is 0. The Kier molecular flexibility index (Phi) is 4.72. The number of nitrogens with one attached hydrogen (secondary N) is 1. The van der Waals surface area contributed by atoms with Crippen LogP contribution in [0.5, 0.6) is 5.75 Å². The van der Waals surface area contributed by atoms with Gasteiger partial charge in [0, 0.05) is 31.1 Å². The summed E-state index contributed by atoms with van der Waals surface area (Å²) in [5.74, 6) is 0.742. The van der Waals surface area contributed by atoms with Crippen molar-refractivity contribution in [2.75, 3.05) is 48.5 Å². The third kappa shape index (κ3) is 3.55. The molecular weight excluding hydrogens is 337 g/mol. The van der Waals surface area contributed by atoms with Crippen molar-refractivity contribution in [1.29, 1.82) is 0 Å². The van der Waals surface area contributed by atoms with E-state index in [-0.39, 0.29) is 5.82 Å². The smallest absolute Gasteiger partial charge is 0.166 e. The summed E-state index contributed by atoms with van der Waals surface area (Å²) in [6, 6.07) is 11.1. The molecule has 0 amide bonds. The van der Waals surface area contributed by atoms with Crippen LogP contribution in [-0.2, 0) is 0 Å². The number of halogens is 1. The van der Waals surface area contributed by atoms with Gasteiger partial charge in [-0.2, -0.15) is 0 Å². The van der Waals surface area contributed by atoms with Crippen LogP contribution in [0.1, 0.15) is 5.56 Å². The Balaban J connectivity index is 1.67. The number of rotatable bonds is 3. The van der Waals surface area contributed by atoms with Crippen molar-refractivity contribution in [2.24, 2.45) is 0 Å². The molecule has 1 N–H and O–H groups in total. The first kappa shape index (κ1) is 16.5. The molecule has 0 radical (unpaired) electrons. The summed E-state index contributed by atoms with van der Waals surface area (Å²) in [4.78, 5) is 3.29. The topological polar surface area (TPSA) is 27.7 Å². The molecular formula is C19H22FN3OS. The van der Waals surface area contributed by atoms with Crippen molar-refractivity contribution in [2.45, 2.75) is 11.8 Å². The Morgan fingerprint density at radius 3 is 2.68 bits per heavy atom. The van der Waals surface area contributed by atoms with E-state index in [0.29, 0.717) is 6.61 Å². The van der Waals surface area contributed by atoms with Crippen LogP contribution in [0.4, 0.5) is 15.8 Å². The van der Waals surface area contributed by atoms with Crippen LogP contribution < -0.4 is 19.3 Å². The van der Waals surface area contributed by atoms with E-state index >= 15 is 0 Å². The van der Waals surface area contributed by atoms with Crippen molar-refractivity contribution >= 4 is 23.3 Å². The average molecular weight is 359 g/mol. The number of nitrogens with zero attached hydrogens (tertiary/aromatic N) is 2. The number of piperazine rings is 1. The molecule has 25 heavy (non-hydrogen) atoms. The summed E-state index contributed by atoms with van der Waals surface area (Å²) >= 11 is 1.57. The van der Waals surface area contributed by atoms with Crippen molar-refractivity contribution < 1.29 is 9.13 Å². The SMILES string of the molecule is Cc1cc(N2CCNCC2)c2c(c1)N(Sc1cccc(F)c1)CCO2. The van der Waals surface area contributed by atoms with Crippen LogP contribution >= 0.6 is 11.9 Å². The highest BCUT2D eigenvalue weighted by Crippen LogP contribution is 2.45. The third-order valence-electron chi connectivity index (χ3n) is 4.47. The lowest BCUT2D eigenvalue weighted by Crippen LogP contribution is -2.44. The second-order valence-electron chi connectivity index (χ2n) is 6.37. The van der Waals surface area contributed by atoms with Gasteiger partial charge in [-0.25, -0.2) is 4.39 Å². The van der Waals surface area contributed by atoms with E-state index in [4.69, 9.17) is 4.74 Å². The maximum absolute atomic E-state index is 13.5. The molecule has 2 heterocycles. The van der Waals surface area contributed by atoms with Crippen LogP contribution in [0.25, 0.3) is 0 Å². The highest BCUT2D eigenvalue weighted by atomic mass is 32.2. The van der Waals surface area contributed by atoms with Crippen LogP contribution in [0.2, 0.25) is 0 Å². The fourth-order valence-electron chi connectivity index (χ4n) is 3.31. The summed E-state index contributed by atoms with van der Waals surface area (Å²) in [5.41, 5.74) is 3.46. The number of fused-ring (bicyclic) bond motifs is 1. The van der Waals surface area contributed by atoms with Gasteiger partial charge in [-0.1, -0.05) is 6.07 Å². The average Bonchev–Trinajstić information content (AvgIpc) is 2.62. The zero-order valence-corrected chi connectivity index (χ0v) is 15.1. The molecule has 0 spiro atoms. The molecule has 132 valence electrons. The predicted molar refractivity (Wildman–Crippen MR) is 101 cm³/mol. The fraction of sp³-hybridized carbons (Fsp3) is 0.368. The van der Waals surface area contributed by atoms with Gasteiger partial charge in [0.2, 0.25) is 0 Å². The first-order valence-electron chi connectivity index (χ1n) is 8.65. The monoisotopic (exact) mass is 359 g/mol. The van der Waals surface area contributed by atoms with Gasteiger partial charge in [-0.3, -0.25) is 0 Å². The number of ether oxygens (including phenoxy) is 1. The lowest BCUT2D eigenvalue weighted by molar-refractivity contribution is 0.317. The Hall–Kier alpha value is -1.92. The molecule has 2 aliphatic rings. The first-order valence-corrected chi connectivity index (χ1v) is 9.42. The second kappa shape index (κ2) is 7.14. The van der Waals surface area contributed by atoms with E-state index in [1.54, 1.807) is 24.1 Å². The summed E-state index contributed by atoms with van der Waals surface area (Å²) in [5, 5.41) is 3.39. The number of aryl methyl sites for hydroxylation is 1. The Morgan fingerprint density at radius 2 is 1.88 bits per heavy atom. The Bertz CT molecular complexity index is 764. The molecule has 2 aromatic carbocycles. The van der Waals surface area contributed by atoms with Crippen molar-refractivity contribution in [3.8, 4) is 5.75 Å².